The molecule has 4 aromatic rings. The maximum atomic E-state index is 13.0. The number of aromatic nitrogens is 2. The fourth-order valence-corrected chi connectivity index (χ4v) is 5.19. The van der Waals surface area contributed by atoms with Gasteiger partial charge < -0.3 is 24.9 Å². The second-order valence-electron chi connectivity index (χ2n) is 10.2. The number of anilines is 2. The highest BCUT2D eigenvalue weighted by atomic mass is 16.3. The van der Waals surface area contributed by atoms with Gasteiger partial charge in [-0.15, -0.1) is 0 Å². The van der Waals surface area contributed by atoms with Crippen LogP contribution < -0.4 is 15.5 Å². The lowest BCUT2D eigenvalue weighted by atomic mass is 9.88. The van der Waals surface area contributed by atoms with Gasteiger partial charge in [-0.3, -0.25) is 9.59 Å². The van der Waals surface area contributed by atoms with Gasteiger partial charge in [0.2, 0.25) is 0 Å². The van der Waals surface area contributed by atoms with Crippen LogP contribution in [0.25, 0.3) is 0 Å². The number of amides is 2. The molecule has 1 aliphatic rings. The van der Waals surface area contributed by atoms with Crippen molar-refractivity contribution in [1.82, 2.24) is 15.3 Å². The highest BCUT2D eigenvalue weighted by Crippen LogP contribution is 2.30. The predicted octanol–water partition coefficient (Wildman–Crippen LogP) is 5.30. The van der Waals surface area contributed by atoms with Crippen LogP contribution in [0.4, 0.5) is 11.4 Å². The summed E-state index contributed by atoms with van der Waals surface area (Å²) in [7, 11) is 0. The minimum atomic E-state index is -0.324. The predicted molar refractivity (Wildman–Crippen MR) is 152 cm³/mol. The average Bonchev–Trinajstić information content (AvgIpc) is 3.62. The Bertz CT molecular complexity index is 1420. The van der Waals surface area contributed by atoms with Gasteiger partial charge in [-0.25, -0.2) is 4.98 Å². The number of para-hydroxylation sites is 1. The summed E-state index contributed by atoms with van der Waals surface area (Å²) in [6.07, 6.45) is 6.99. The van der Waals surface area contributed by atoms with Gasteiger partial charge in [0.1, 0.15) is 5.76 Å². The monoisotopic (exact) mass is 525 g/mol. The van der Waals surface area contributed by atoms with E-state index in [4.69, 9.17) is 4.42 Å². The van der Waals surface area contributed by atoms with E-state index in [0.717, 1.165) is 43.6 Å². The fourth-order valence-electron chi connectivity index (χ4n) is 5.19. The van der Waals surface area contributed by atoms with Crippen molar-refractivity contribution in [3.8, 4) is 0 Å². The molecule has 1 saturated heterocycles. The quantitative estimate of drug-likeness (QED) is 0.275. The van der Waals surface area contributed by atoms with Crippen molar-refractivity contribution in [2.24, 2.45) is 5.92 Å². The molecule has 0 unspecified atom stereocenters. The van der Waals surface area contributed by atoms with Crippen LogP contribution in [0.15, 0.2) is 71.5 Å². The van der Waals surface area contributed by atoms with Gasteiger partial charge in [0, 0.05) is 54.9 Å². The van der Waals surface area contributed by atoms with Gasteiger partial charge in [0.25, 0.3) is 11.8 Å². The van der Waals surface area contributed by atoms with Crippen LogP contribution in [0.5, 0.6) is 0 Å². The van der Waals surface area contributed by atoms with E-state index >= 15 is 0 Å². The molecule has 2 aromatic carbocycles. The van der Waals surface area contributed by atoms with Crippen molar-refractivity contribution in [2.75, 3.05) is 29.9 Å². The summed E-state index contributed by atoms with van der Waals surface area (Å²) >= 11 is 0. The van der Waals surface area contributed by atoms with Crippen LogP contribution in [0, 0.1) is 19.8 Å². The smallest absolute Gasteiger partial charge is 0.291 e. The number of rotatable bonds is 9. The van der Waals surface area contributed by atoms with E-state index in [1.54, 1.807) is 37.6 Å². The topological polar surface area (TPSA) is 103 Å². The first-order valence-electron chi connectivity index (χ1n) is 13.5. The lowest BCUT2D eigenvalue weighted by Gasteiger charge is -2.34. The molecule has 0 bridgehead atoms. The highest BCUT2D eigenvalue weighted by molar-refractivity contribution is 6.04. The third-order valence-electron chi connectivity index (χ3n) is 7.40. The van der Waals surface area contributed by atoms with Crippen molar-refractivity contribution in [3.05, 3.63) is 101 Å². The normalized spacial score (nSPS) is 13.8. The summed E-state index contributed by atoms with van der Waals surface area (Å²) in [5, 5.41) is 5.96. The number of aromatic amines is 1. The summed E-state index contributed by atoms with van der Waals surface area (Å²) in [6.45, 7) is 6.45. The van der Waals surface area contributed by atoms with Gasteiger partial charge in [-0.1, -0.05) is 24.3 Å². The molecule has 1 aliphatic heterocycles. The van der Waals surface area contributed by atoms with Gasteiger partial charge >= 0.3 is 0 Å². The zero-order valence-corrected chi connectivity index (χ0v) is 22.5. The zero-order valence-electron chi connectivity index (χ0n) is 22.5. The summed E-state index contributed by atoms with van der Waals surface area (Å²) in [4.78, 5) is 35.4. The SMILES string of the molecule is Cc1ccc(C(=O)Nc2cc(C(=O)NCCc3cnc[nH]3)ccc2CC2CCN(c3ccccc3C)CC2)o1. The number of nitrogens with one attached hydrogen (secondary N) is 3. The molecule has 3 heterocycles. The van der Waals surface area contributed by atoms with Crippen molar-refractivity contribution in [1.29, 1.82) is 0 Å². The zero-order chi connectivity index (χ0) is 27.2. The molecule has 0 atom stereocenters. The van der Waals surface area contributed by atoms with Crippen molar-refractivity contribution in [3.63, 3.8) is 0 Å². The second kappa shape index (κ2) is 12.0. The maximum Gasteiger partial charge on any atom is 0.291 e. The number of furan rings is 1. The Hall–Kier alpha value is -4.33. The third-order valence-corrected chi connectivity index (χ3v) is 7.40. The highest BCUT2D eigenvalue weighted by Gasteiger charge is 2.23. The third kappa shape index (κ3) is 6.57. The van der Waals surface area contributed by atoms with Crippen LogP contribution in [0.2, 0.25) is 0 Å². The number of imidazole rings is 1. The lowest BCUT2D eigenvalue weighted by Crippen LogP contribution is -2.34. The average molecular weight is 526 g/mol. The van der Waals surface area contributed by atoms with E-state index < -0.39 is 0 Å². The second-order valence-corrected chi connectivity index (χ2v) is 10.2. The molecule has 2 aromatic heterocycles. The van der Waals surface area contributed by atoms with Gasteiger partial charge in [0.15, 0.2) is 5.76 Å². The largest absolute Gasteiger partial charge is 0.456 e. The Kier molecular flexibility index (Phi) is 8.10. The molecular formula is C31H35N5O3. The van der Waals surface area contributed by atoms with E-state index in [9.17, 15) is 9.59 Å². The molecule has 0 radical (unpaired) electrons. The number of carbonyl (C=O) groups is 2. The van der Waals surface area contributed by atoms with Crippen LogP contribution in [0.1, 0.15) is 56.3 Å². The van der Waals surface area contributed by atoms with E-state index in [1.807, 2.05) is 12.1 Å². The first-order chi connectivity index (χ1) is 19.0. The molecule has 8 heteroatoms. The van der Waals surface area contributed by atoms with E-state index in [1.165, 1.54) is 11.3 Å². The van der Waals surface area contributed by atoms with Crippen molar-refractivity contribution < 1.29 is 14.0 Å². The molecular weight excluding hydrogens is 490 g/mol. The Morgan fingerprint density at radius 2 is 1.87 bits per heavy atom. The lowest BCUT2D eigenvalue weighted by molar-refractivity contribution is 0.0952. The molecule has 5 rings (SSSR count). The Labute approximate surface area is 228 Å². The van der Waals surface area contributed by atoms with E-state index in [0.29, 0.717) is 35.9 Å². The van der Waals surface area contributed by atoms with Crippen LogP contribution in [0.3, 0.4) is 0 Å². The number of nitrogens with zero attached hydrogens (tertiary/aromatic N) is 2. The summed E-state index contributed by atoms with van der Waals surface area (Å²) in [5.41, 5.74) is 5.74. The summed E-state index contributed by atoms with van der Waals surface area (Å²) in [5.74, 6) is 0.902. The van der Waals surface area contributed by atoms with E-state index in [2.05, 4.69) is 56.7 Å². The number of benzene rings is 2. The van der Waals surface area contributed by atoms with Gasteiger partial charge in [-0.2, -0.15) is 0 Å². The first kappa shape index (κ1) is 26.3. The Balaban J connectivity index is 1.28. The molecule has 202 valence electrons. The molecule has 1 fully saturated rings. The molecule has 2 amide bonds. The van der Waals surface area contributed by atoms with Gasteiger partial charge in [0.05, 0.1) is 6.33 Å². The van der Waals surface area contributed by atoms with Crippen molar-refractivity contribution >= 4 is 23.2 Å². The standard InChI is InChI=1S/C31H35N5O3/c1-21-5-3-4-6-28(21)36-15-12-23(13-16-36)17-24-8-9-25(30(37)33-14-11-26-19-32-20-34-26)18-27(24)35-31(38)29-10-7-22(2)39-29/h3-10,18-20,23H,11-17H2,1-2H3,(H,32,34)(H,33,37)(H,35,38). The molecule has 8 nitrogen and oxygen atoms in total. The summed E-state index contributed by atoms with van der Waals surface area (Å²) < 4.78 is 5.53. The molecule has 0 spiro atoms. The molecule has 0 saturated carbocycles. The van der Waals surface area contributed by atoms with Crippen molar-refractivity contribution in [2.45, 2.75) is 39.5 Å². The first-order valence-corrected chi connectivity index (χ1v) is 13.5. The van der Waals surface area contributed by atoms with Gasteiger partial charge in [-0.05, 0) is 80.5 Å². The maximum absolute atomic E-state index is 13.0. The van der Waals surface area contributed by atoms with Crippen LogP contribution >= 0.6 is 0 Å². The number of hydrogen-bond donors (Lipinski definition) is 3. The minimum absolute atomic E-state index is 0.183. The Morgan fingerprint density at radius 3 is 2.59 bits per heavy atom. The fraction of sp³-hybridized carbons (Fsp3) is 0.323. The summed E-state index contributed by atoms with van der Waals surface area (Å²) in [6, 6.07) is 17.5. The molecule has 39 heavy (non-hydrogen) atoms. The Morgan fingerprint density at radius 1 is 1.05 bits per heavy atom. The number of carbonyl (C=O) groups excluding carboxylic acids is 2. The molecule has 0 aliphatic carbocycles. The van der Waals surface area contributed by atoms with E-state index in [-0.39, 0.29) is 17.6 Å². The number of hydrogen-bond acceptors (Lipinski definition) is 5. The minimum Gasteiger partial charge on any atom is -0.456 e. The number of piperidine rings is 1. The number of aryl methyl sites for hydroxylation is 2. The number of H-pyrrole nitrogens is 1. The molecule has 3 N–H and O–H groups in total. The van der Waals surface area contributed by atoms with Crippen LogP contribution in [-0.2, 0) is 12.8 Å². The van der Waals surface area contributed by atoms with Crippen LogP contribution in [-0.4, -0.2) is 41.4 Å².